The molecule has 0 bridgehead atoms. The molecule has 0 saturated heterocycles. The number of benzene rings is 2. The highest BCUT2D eigenvalue weighted by atomic mass is 35.5. The van der Waals surface area contributed by atoms with Crippen molar-refractivity contribution in [1.29, 1.82) is 0 Å². The van der Waals surface area contributed by atoms with Gasteiger partial charge in [0.15, 0.2) is 11.5 Å². The van der Waals surface area contributed by atoms with Gasteiger partial charge in [-0.1, -0.05) is 17.7 Å². The van der Waals surface area contributed by atoms with Crippen LogP contribution < -0.4 is 20.5 Å². The van der Waals surface area contributed by atoms with Crippen molar-refractivity contribution in [3.05, 3.63) is 53.1 Å². The molecule has 126 valence electrons. The van der Waals surface area contributed by atoms with Crippen molar-refractivity contribution >= 4 is 35.0 Å². The number of nitrogens with one attached hydrogen (secondary N) is 1. The standard InChI is InChI=1S/C18H19ClN2O3/c1-3-24-16-8-4-12(10-17(16)23-2)5-9-18(22)21-15-7-6-13(20)11-14(15)19/h4-11H,3,20H2,1-2H3,(H,21,22)/b9-5+. The highest BCUT2D eigenvalue weighted by molar-refractivity contribution is 6.34. The SMILES string of the molecule is CCOc1ccc(/C=C/C(=O)Nc2ccc(N)cc2Cl)cc1OC. The Morgan fingerprint density at radius 1 is 1.25 bits per heavy atom. The average molecular weight is 347 g/mol. The van der Waals surface area contributed by atoms with Gasteiger partial charge < -0.3 is 20.5 Å². The summed E-state index contributed by atoms with van der Waals surface area (Å²) in [5, 5.41) is 3.09. The van der Waals surface area contributed by atoms with Gasteiger partial charge in [0.1, 0.15) is 0 Å². The van der Waals surface area contributed by atoms with Gasteiger partial charge in [0, 0.05) is 11.8 Å². The van der Waals surface area contributed by atoms with E-state index >= 15 is 0 Å². The Morgan fingerprint density at radius 2 is 2.04 bits per heavy atom. The van der Waals surface area contributed by atoms with E-state index in [1.807, 2.05) is 13.0 Å². The number of amides is 1. The molecular weight excluding hydrogens is 328 g/mol. The fraction of sp³-hybridized carbons (Fsp3) is 0.167. The molecule has 0 aliphatic carbocycles. The quantitative estimate of drug-likeness (QED) is 0.613. The van der Waals surface area contributed by atoms with Gasteiger partial charge in [-0.15, -0.1) is 0 Å². The third-order valence-electron chi connectivity index (χ3n) is 3.17. The van der Waals surface area contributed by atoms with Gasteiger partial charge in [-0.2, -0.15) is 0 Å². The Morgan fingerprint density at radius 3 is 2.71 bits per heavy atom. The molecule has 0 unspecified atom stereocenters. The van der Waals surface area contributed by atoms with E-state index in [0.29, 0.717) is 34.5 Å². The van der Waals surface area contributed by atoms with Gasteiger partial charge in [0.25, 0.3) is 0 Å². The van der Waals surface area contributed by atoms with Gasteiger partial charge in [-0.25, -0.2) is 0 Å². The zero-order valence-electron chi connectivity index (χ0n) is 13.5. The minimum absolute atomic E-state index is 0.297. The number of anilines is 2. The van der Waals surface area contributed by atoms with Gasteiger partial charge >= 0.3 is 0 Å². The first-order valence-corrected chi connectivity index (χ1v) is 7.76. The number of ether oxygens (including phenoxy) is 2. The zero-order chi connectivity index (χ0) is 17.5. The molecule has 3 N–H and O–H groups in total. The van der Waals surface area contributed by atoms with E-state index in [9.17, 15) is 4.79 Å². The first-order valence-electron chi connectivity index (χ1n) is 7.38. The Bertz CT molecular complexity index is 760. The smallest absolute Gasteiger partial charge is 0.248 e. The van der Waals surface area contributed by atoms with Crippen LogP contribution in [0.25, 0.3) is 6.08 Å². The number of nitrogen functional groups attached to an aromatic ring is 1. The molecule has 0 atom stereocenters. The van der Waals surface area contributed by atoms with Crippen LogP contribution in [-0.4, -0.2) is 19.6 Å². The van der Waals surface area contributed by atoms with E-state index in [1.54, 1.807) is 43.5 Å². The van der Waals surface area contributed by atoms with Crippen LogP contribution in [0.3, 0.4) is 0 Å². The number of rotatable bonds is 6. The highest BCUT2D eigenvalue weighted by Crippen LogP contribution is 2.28. The number of hydrogen-bond donors (Lipinski definition) is 2. The van der Waals surface area contributed by atoms with Crippen LogP contribution in [0.2, 0.25) is 5.02 Å². The number of hydrogen-bond acceptors (Lipinski definition) is 4. The second kappa shape index (κ2) is 8.26. The molecule has 2 rings (SSSR count). The minimum Gasteiger partial charge on any atom is -0.493 e. The van der Waals surface area contributed by atoms with Crippen molar-refractivity contribution in [2.24, 2.45) is 0 Å². The van der Waals surface area contributed by atoms with Crippen LogP contribution in [0.4, 0.5) is 11.4 Å². The lowest BCUT2D eigenvalue weighted by atomic mass is 10.2. The molecule has 2 aromatic carbocycles. The lowest BCUT2D eigenvalue weighted by Gasteiger charge is -2.09. The summed E-state index contributed by atoms with van der Waals surface area (Å²) in [6.07, 6.45) is 3.10. The van der Waals surface area contributed by atoms with E-state index in [-0.39, 0.29) is 5.91 Å². The van der Waals surface area contributed by atoms with Crippen molar-refractivity contribution in [2.75, 3.05) is 24.8 Å². The largest absolute Gasteiger partial charge is 0.493 e. The van der Waals surface area contributed by atoms with E-state index in [2.05, 4.69) is 5.32 Å². The van der Waals surface area contributed by atoms with Gasteiger partial charge in [0.2, 0.25) is 5.91 Å². The van der Waals surface area contributed by atoms with Crippen LogP contribution in [0.1, 0.15) is 12.5 Å². The number of nitrogens with two attached hydrogens (primary N) is 1. The Kier molecular flexibility index (Phi) is 6.09. The molecule has 0 aromatic heterocycles. The predicted molar refractivity (Wildman–Crippen MR) is 97.7 cm³/mol. The normalized spacial score (nSPS) is 10.6. The second-order valence-corrected chi connectivity index (χ2v) is 5.31. The zero-order valence-corrected chi connectivity index (χ0v) is 14.3. The van der Waals surface area contributed by atoms with Crippen molar-refractivity contribution < 1.29 is 14.3 Å². The fourth-order valence-corrected chi connectivity index (χ4v) is 2.28. The van der Waals surface area contributed by atoms with Crippen LogP contribution in [-0.2, 0) is 4.79 Å². The summed E-state index contributed by atoms with van der Waals surface area (Å²) >= 11 is 6.03. The van der Waals surface area contributed by atoms with Crippen molar-refractivity contribution in [3.8, 4) is 11.5 Å². The summed E-state index contributed by atoms with van der Waals surface area (Å²) in [5.74, 6) is 0.978. The molecule has 0 aliphatic rings. The molecule has 24 heavy (non-hydrogen) atoms. The summed E-state index contributed by atoms with van der Waals surface area (Å²) in [5.41, 5.74) is 7.48. The summed E-state index contributed by atoms with van der Waals surface area (Å²) in [6.45, 7) is 2.45. The summed E-state index contributed by atoms with van der Waals surface area (Å²) in [4.78, 5) is 12.0. The molecule has 0 fully saturated rings. The summed E-state index contributed by atoms with van der Waals surface area (Å²) in [7, 11) is 1.57. The monoisotopic (exact) mass is 346 g/mol. The maximum atomic E-state index is 12.0. The van der Waals surface area contributed by atoms with Crippen molar-refractivity contribution in [1.82, 2.24) is 0 Å². The fourth-order valence-electron chi connectivity index (χ4n) is 2.04. The van der Waals surface area contributed by atoms with E-state index in [1.165, 1.54) is 6.08 Å². The maximum Gasteiger partial charge on any atom is 0.248 e. The number of halogens is 1. The van der Waals surface area contributed by atoms with Gasteiger partial charge in [-0.05, 0) is 48.9 Å². The second-order valence-electron chi connectivity index (χ2n) is 4.91. The van der Waals surface area contributed by atoms with E-state index in [4.69, 9.17) is 26.8 Å². The molecular formula is C18H19ClN2O3. The number of carbonyl (C=O) groups excluding carboxylic acids is 1. The molecule has 2 aromatic rings. The third-order valence-corrected chi connectivity index (χ3v) is 3.48. The maximum absolute atomic E-state index is 12.0. The van der Waals surface area contributed by atoms with Crippen molar-refractivity contribution in [2.45, 2.75) is 6.92 Å². The van der Waals surface area contributed by atoms with Crippen molar-refractivity contribution in [3.63, 3.8) is 0 Å². The minimum atomic E-state index is -0.297. The Balaban J connectivity index is 2.08. The van der Waals surface area contributed by atoms with Crippen LogP contribution in [0.5, 0.6) is 11.5 Å². The van der Waals surface area contributed by atoms with Crippen LogP contribution in [0, 0.1) is 0 Å². The molecule has 0 radical (unpaired) electrons. The summed E-state index contributed by atoms with van der Waals surface area (Å²) in [6, 6.07) is 10.3. The topological polar surface area (TPSA) is 73.6 Å². The lowest BCUT2D eigenvalue weighted by Crippen LogP contribution is -2.08. The molecule has 0 spiro atoms. The van der Waals surface area contributed by atoms with Crippen LogP contribution in [0.15, 0.2) is 42.5 Å². The first kappa shape index (κ1) is 17.7. The molecule has 1 amide bonds. The number of methoxy groups -OCH3 is 1. The lowest BCUT2D eigenvalue weighted by molar-refractivity contribution is -0.111. The van der Waals surface area contributed by atoms with E-state index < -0.39 is 0 Å². The first-order chi connectivity index (χ1) is 11.5. The van der Waals surface area contributed by atoms with Gasteiger partial charge in [-0.3, -0.25) is 4.79 Å². The molecule has 0 aliphatic heterocycles. The Hall–Kier alpha value is -2.66. The molecule has 0 heterocycles. The summed E-state index contributed by atoms with van der Waals surface area (Å²) < 4.78 is 10.7. The predicted octanol–water partition coefficient (Wildman–Crippen LogP) is 3.98. The number of carbonyl (C=O) groups is 1. The molecule has 0 saturated carbocycles. The molecule has 6 heteroatoms. The average Bonchev–Trinajstić information content (AvgIpc) is 2.56. The van der Waals surface area contributed by atoms with Gasteiger partial charge in [0.05, 0.1) is 24.4 Å². The highest BCUT2D eigenvalue weighted by Gasteiger charge is 2.05. The third kappa shape index (κ3) is 4.67. The van der Waals surface area contributed by atoms with E-state index in [0.717, 1.165) is 5.56 Å². The Labute approximate surface area is 146 Å². The van der Waals surface area contributed by atoms with Crippen LogP contribution >= 0.6 is 11.6 Å². The molecule has 5 nitrogen and oxygen atoms in total.